The van der Waals surface area contributed by atoms with Crippen molar-refractivity contribution in [1.29, 1.82) is 0 Å². The molecule has 3 rings (SSSR count). The highest BCUT2D eigenvalue weighted by molar-refractivity contribution is 5.28. The van der Waals surface area contributed by atoms with Gasteiger partial charge in [-0.3, -0.25) is 4.98 Å². The van der Waals surface area contributed by atoms with Crippen LogP contribution in [0.4, 0.5) is 0 Å². The lowest BCUT2D eigenvalue weighted by Crippen LogP contribution is -2.36. The molecule has 1 aromatic heterocycles. The summed E-state index contributed by atoms with van der Waals surface area (Å²) in [6.07, 6.45) is 5.44. The molecule has 0 radical (unpaired) electrons. The van der Waals surface area contributed by atoms with E-state index in [2.05, 4.69) is 23.3 Å². The Kier molecular flexibility index (Phi) is 3.12. The van der Waals surface area contributed by atoms with Gasteiger partial charge in [-0.15, -0.1) is 0 Å². The molecular weight excluding hydrogens is 212 g/mol. The average molecular weight is 232 g/mol. The molecule has 3 nitrogen and oxygen atoms in total. The molecule has 92 valence electrons. The summed E-state index contributed by atoms with van der Waals surface area (Å²) in [7, 11) is 0. The predicted molar refractivity (Wildman–Crippen MR) is 66.8 cm³/mol. The Morgan fingerprint density at radius 2 is 2.41 bits per heavy atom. The van der Waals surface area contributed by atoms with Gasteiger partial charge in [0.1, 0.15) is 0 Å². The summed E-state index contributed by atoms with van der Waals surface area (Å²) in [4.78, 5) is 4.53. The van der Waals surface area contributed by atoms with Crippen molar-refractivity contribution in [3.63, 3.8) is 0 Å². The fourth-order valence-electron chi connectivity index (χ4n) is 2.98. The molecular formula is C14H20N2O. The maximum atomic E-state index is 5.46. The molecule has 3 atom stereocenters. The van der Waals surface area contributed by atoms with Gasteiger partial charge in [0.2, 0.25) is 0 Å². The van der Waals surface area contributed by atoms with E-state index in [1.165, 1.54) is 24.1 Å². The van der Waals surface area contributed by atoms with Crippen LogP contribution in [-0.4, -0.2) is 24.2 Å². The number of aryl methyl sites for hydroxylation is 1. The monoisotopic (exact) mass is 232 g/mol. The van der Waals surface area contributed by atoms with Gasteiger partial charge in [-0.2, -0.15) is 0 Å². The van der Waals surface area contributed by atoms with Crippen LogP contribution in [0.2, 0.25) is 0 Å². The van der Waals surface area contributed by atoms with E-state index in [1.54, 1.807) is 0 Å². The zero-order valence-electron chi connectivity index (χ0n) is 10.4. The number of pyridine rings is 1. The lowest BCUT2D eigenvalue weighted by atomic mass is 9.99. The topological polar surface area (TPSA) is 34.2 Å². The minimum absolute atomic E-state index is 0.446. The Morgan fingerprint density at radius 3 is 3.24 bits per heavy atom. The molecule has 17 heavy (non-hydrogen) atoms. The smallest absolute Gasteiger partial charge is 0.0605 e. The molecule has 2 aliphatic rings. The van der Waals surface area contributed by atoms with Gasteiger partial charge in [0.15, 0.2) is 0 Å². The first kappa shape index (κ1) is 11.2. The molecule has 0 aromatic carbocycles. The predicted octanol–water partition coefficient (Wildman–Crippen LogP) is 2.08. The van der Waals surface area contributed by atoms with Gasteiger partial charge in [-0.05, 0) is 43.7 Å². The third-order valence-electron chi connectivity index (χ3n) is 4.09. The number of fused-ring (bicyclic) bond motifs is 1. The van der Waals surface area contributed by atoms with E-state index < -0.39 is 0 Å². The summed E-state index contributed by atoms with van der Waals surface area (Å²) in [6, 6.07) is 5.21. The molecule has 0 bridgehead atoms. The zero-order valence-corrected chi connectivity index (χ0v) is 10.4. The van der Waals surface area contributed by atoms with E-state index >= 15 is 0 Å². The number of nitrogens with one attached hydrogen (secondary N) is 1. The number of rotatable bonds is 3. The largest absolute Gasteiger partial charge is 0.381 e. The minimum atomic E-state index is 0.446. The van der Waals surface area contributed by atoms with Gasteiger partial charge in [0, 0.05) is 18.8 Å². The summed E-state index contributed by atoms with van der Waals surface area (Å²) < 4.78 is 5.46. The van der Waals surface area contributed by atoms with Crippen LogP contribution in [0.3, 0.4) is 0 Å². The van der Waals surface area contributed by atoms with Crippen LogP contribution in [0.1, 0.15) is 37.1 Å². The van der Waals surface area contributed by atoms with Crippen LogP contribution >= 0.6 is 0 Å². The zero-order chi connectivity index (χ0) is 11.7. The first-order chi connectivity index (χ1) is 8.34. The van der Waals surface area contributed by atoms with Crippen LogP contribution < -0.4 is 5.32 Å². The highest BCUT2D eigenvalue weighted by atomic mass is 16.5. The Balaban J connectivity index is 1.66. The van der Waals surface area contributed by atoms with Gasteiger partial charge >= 0.3 is 0 Å². The van der Waals surface area contributed by atoms with E-state index in [0.29, 0.717) is 18.0 Å². The van der Waals surface area contributed by atoms with Crippen molar-refractivity contribution in [2.45, 2.75) is 38.3 Å². The van der Waals surface area contributed by atoms with Crippen molar-refractivity contribution in [3.8, 4) is 0 Å². The van der Waals surface area contributed by atoms with E-state index in [0.717, 1.165) is 19.6 Å². The number of aromatic nitrogens is 1. The summed E-state index contributed by atoms with van der Waals surface area (Å²) in [6.45, 7) is 4.12. The Hall–Kier alpha value is -0.930. The maximum Gasteiger partial charge on any atom is 0.0605 e. The summed E-state index contributed by atoms with van der Waals surface area (Å²) >= 11 is 0. The van der Waals surface area contributed by atoms with Gasteiger partial charge in [-0.25, -0.2) is 0 Å². The summed E-state index contributed by atoms with van der Waals surface area (Å²) in [5.74, 6) is 0.669. The van der Waals surface area contributed by atoms with Crippen molar-refractivity contribution in [3.05, 3.63) is 29.6 Å². The highest BCUT2D eigenvalue weighted by Crippen LogP contribution is 2.30. The molecule has 1 aromatic rings. The fourth-order valence-corrected chi connectivity index (χ4v) is 2.98. The standard InChI is InChI=1S/C14H20N2O/c1-10(12-6-8-17-9-12)16-13-5-4-11-3-2-7-15-14(11)13/h2-3,7,10,12-13,16H,4-6,8-9H2,1H3. The first-order valence-electron chi connectivity index (χ1n) is 6.62. The second kappa shape index (κ2) is 4.75. The normalized spacial score (nSPS) is 29.2. The van der Waals surface area contributed by atoms with Crippen LogP contribution in [-0.2, 0) is 11.2 Å². The van der Waals surface area contributed by atoms with E-state index in [9.17, 15) is 0 Å². The van der Waals surface area contributed by atoms with Crippen molar-refractivity contribution in [2.24, 2.45) is 5.92 Å². The second-order valence-electron chi connectivity index (χ2n) is 5.22. The van der Waals surface area contributed by atoms with Crippen LogP contribution in [0.5, 0.6) is 0 Å². The van der Waals surface area contributed by atoms with Crippen molar-refractivity contribution in [2.75, 3.05) is 13.2 Å². The number of ether oxygens (including phenoxy) is 1. The fraction of sp³-hybridized carbons (Fsp3) is 0.643. The van der Waals surface area contributed by atoms with Crippen LogP contribution in [0.25, 0.3) is 0 Å². The Labute approximate surface area is 103 Å². The third-order valence-corrected chi connectivity index (χ3v) is 4.09. The number of hydrogen-bond donors (Lipinski definition) is 1. The van der Waals surface area contributed by atoms with Gasteiger partial charge < -0.3 is 10.1 Å². The van der Waals surface area contributed by atoms with E-state index in [-0.39, 0.29) is 0 Å². The van der Waals surface area contributed by atoms with Crippen LogP contribution in [0.15, 0.2) is 18.3 Å². The molecule has 3 heteroatoms. The summed E-state index contributed by atoms with van der Waals surface area (Å²) in [5.41, 5.74) is 2.68. The molecule has 1 aliphatic heterocycles. The lowest BCUT2D eigenvalue weighted by Gasteiger charge is -2.23. The molecule has 3 unspecified atom stereocenters. The average Bonchev–Trinajstić information content (AvgIpc) is 2.98. The molecule has 0 spiro atoms. The van der Waals surface area contributed by atoms with E-state index in [4.69, 9.17) is 4.74 Å². The number of nitrogens with zero attached hydrogens (tertiary/aromatic N) is 1. The molecule has 1 aliphatic carbocycles. The highest BCUT2D eigenvalue weighted by Gasteiger charge is 2.28. The van der Waals surface area contributed by atoms with E-state index in [1.807, 2.05) is 12.3 Å². The second-order valence-corrected chi connectivity index (χ2v) is 5.22. The Bertz CT molecular complexity index is 388. The van der Waals surface area contributed by atoms with Gasteiger partial charge in [-0.1, -0.05) is 6.07 Å². The molecule has 2 heterocycles. The minimum Gasteiger partial charge on any atom is -0.381 e. The lowest BCUT2D eigenvalue weighted by molar-refractivity contribution is 0.176. The Morgan fingerprint density at radius 1 is 1.47 bits per heavy atom. The SMILES string of the molecule is CC(NC1CCc2cccnc21)C1CCOC1. The summed E-state index contributed by atoms with van der Waals surface area (Å²) in [5, 5.41) is 3.73. The van der Waals surface area contributed by atoms with Crippen molar-refractivity contribution < 1.29 is 4.74 Å². The maximum absolute atomic E-state index is 5.46. The van der Waals surface area contributed by atoms with Crippen molar-refractivity contribution in [1.82, 2.24) is 10.3 Å². The molecule has 1 N–H and O–H groups in total. The third kappa shape index (κ3) is 2.22. The quantitative estimate of drug-likeness (QED) is 0.866. The first-order valence-corrected chi connectivity index (χ1v) is 6.62. The van der Waals surface area contributed by atoms with Gasteiger partial charge in [0.25, 0.3) is 0 Å². The molecule has 0 saturated carbocycles. The molecule has 0 amide bonds. The van der Waals surface area contributed by atoms with Crippen LogP contribution in [0, 0.1) is 5.92 Å². The number of hydrogen-bond acceptors (Lipinski definition) is 3. The van der Waals surface area contributed by atoms with Crippen molar-refractivity contribution >= 4 is 0 Å². The molecule has 1 fully saturated rings. The molecule has 1 saturated heterocycles. The van der Waals surface area contributed by atoms with Gasteiger partial charge in [0.05, 0.1) is 18.3 Å².